The molecule has 2 aliphatic rings. The van der Waals surface area contributed by atoms with Crippen molar-refractivity contribution >= 4 is 0 Å². The molecule has 2 rings (SSSR count). The lowest BCUT2D eigenvalue weighted by Gasteiger charge is -2.42. The van der Waals surface area contributed by atoms with Gasteiger partial charge in [-0.2, -0.15) is 0 Å². The summed E-state index contributed by atoms with van der Waals surface area (Å²) in [6.45, 7) is 9.76. The fourth-order valence-corrected chi connectivity index (χ4v) is 4.46. The third kappa shape index (κ3) is 9.52. The summed E-state index contributed by atoms with van der Waals surface area (Å²) >= 11 is 0. The third-order valence-corrected chi connectivity index (χ3v) is 6.69. The van der Waals surface area contributed by atoms with Crippen molar-refractivity contribution in [2.45, 2.75) is 97.0 Å². The average molecular weight is 429 g/mol. The summed E-state index contributed by atoms with van der Waals surface area (Å²) in [5, 5.41) is 10.3. The van der Waals surface area contributed by atoms with Crippen molar-refractivity contribution in [3.05, 3.63) is 0 Å². The third-order valence-electron chi connectivity index (χ3n) is 6.69. The summed E-state index contributed by atoms with van der Waals surface area (Å²) in [5.74, 6) is 0. The second-order valence-corrected chi connectivity index (χ2v) is 10.00. The molecule has 1 N–H and O–H groups in total. The highest BCUT2D eigenvalue weighted by molar-refractivity contribution is 4.86. The molecule has 178 valence electrons. The maximum Gasteiger partial charge on any atom is 0.101 e. The zero-order chi connectivity index (χ0) is 21.5. The fraction of sp³-hybridized carbons (Fsp3) is 1.00. The summed E-state index contributed by atoms with van der Waals surface area (Å²) < 4.78 is 22.7. The van der Waals surface area contributed by atoms with Gasteiger partial charge >= 0.3 is 0 Å². The first-order valence-corrected chi connectivity index (χ1v) is 12.6. The predicted molar refractivity (Wildman–Crippen MR) is 121 cm³/mol. The molecule has 0 radical (unpaired) electrons. The zero-order valence-electron chi connectivity index (χ0n) is 19.8. The minimum absolute atomic E-state index is 0.178. The molecular formula is C25H48O5. The molecule has 0 aromatic rings. The van der Waals surface area contributed by atoms with Crippen LogP contribution in [-0.4, -0.2) is 64.1 Å². The molecular weight excluding hydrogens is 380 g/mol. The van der Waals surface area contributed by atoms with Gasteiger partial charge in [-0.15, -0.1) is 0 Å². The Labute approximate surface area is 185 Å². The van der Waals surface area contributed by atoms with Gasteiger partial charge in [0.05, 0.1) is 52.9 Å². The minimum Gasteiger partial charge on any atom is -0.388 e. The van der Waals surface area contributed by atoms with Crippen LogP contribution in [0.4, 0.5) is 0 Å². The van der Waals surface area contributed by atoms with E-state index in [9.17, 15) is 5.11 Å². The molecule has 2 fully saturated rings. The maximum absolute atomic E-state index is 10.3. The Bertz CT molecular complexity index is 382. The molecule has 0 aromatic carbocycles. The van der Waals surface area contributed by atoms with Crippen molar-refractivity contribution in [1.82, 2.24) is 0 Å². The highest BCUT2D eigenvalue weighted by Crippen LogP contribution is 2.35. The Kier molecular flexibility index (Phi) is 12.8. The molecule has 2 heterocycles. The van der Waals surface area contributed by atoms with Crippen LogP contribution in [0.5, 0.6) is 0 Å². The van der Waals surface area contributed by atoms with Crippen LogP contribution < -0.4 is 0 Å². The topological polar surface area (TPSA) is 57.2 Å². The lowest BCUT2D eigenvalue weighted by molar-refractivity contribution is -0.169. The first-order valence-electron chi connectivity index (χ1n) is 12.6. The monoisotopic (exact) mass is 428 g/mol. The van der Waals surface area contributed by atoms with Gasteiger partial charge in [-0.3, -0.25) is 0 Å². The molecule has 30 heavy (non-hydrogen) atoms. The van der Waals surface area contributed by atoms with Gasteiger partial charge in [-0.05, 0) is 12.8 Å². The van der Waals surface area contributed by atoms with Gasteiger partial charge in [0.1, 0.15) is 6.10 Å². The van der Waals surface area contributed by atoms with Gasteiger partial charge < -0.3 is 24.1 Å². The molecule has 0 aromatic heterocycles. The summed E-state index contributed by atoms with van der Waals surface area (Å²) in [4.78, 5) is 0. The van der Waals surface area contributed by atoms with E-state index < -0.39 is 6.10 Å². The molecule has 0 amide bonds. The number of hydrogen-bond donors (Lipinski definition) is 1. The van der Waals surface area contributed by atoms with E-state index in [1.54, 1.807) is 0 Å². The van der Waals surface area contributed by atoms with E-state index in [1.807, 2.05) is 0 Å². The summed E-state index contributed by atoms with van der Waals surface area (Å²) in [7, 11) is 0. The quantitative estimate of drug-likeness (QED) is 0.272. The zero-order valence-corrected chi connectivity index (χ0v) is 19.8. The van der Waals surface area contributed by atoms with Gasteiger partial charge in [0, 0.05) is 10.8 Å². The van der Waals surface area contributed by atoms with Gasteiger partial charge in [-0.1, -0.05) is 78.1 Å². The first-order chi connectivity index (χ1) is 14.6. The Hall–Kier alpha value is -0.200. The summed E-state index contributed by atoms with van der Waals surface area (Å²) in [5.41, 5.74) is 0.357. The number of aliphatic hydroxyl groups excluding tert-OH is 1. The molecule has 0 atom stereocenters. The Morgan fingerprint density at radius 2 is 1.07 bits per heavy atom. The van der Waals surface area contributed by atoms with Crippen molar-refractivity contribution < 1.29 is 24.1 Å². The molecule has 0 aliphatic carbocycles. The molecule has 0 saturated carbocycles. The van der Waals surface area contributed by atoms with E-state index in [1.165, 1.54) is 77.0 Å². The largest absolute Gasteiger partial charge is 0.388 e. The summed E-state index contributed by atoms with van der Waals surface area (Å²) in [6.07, 6.45) is 14.8. The lowest BCUT2D eigenvalue weighted by atomic mass is 9.81. The molecule has 2 saturated heterocycles. The number of rotatable bonds is 20. The second kappa shape index (κ2) is 14.8. The SMILES string of the molecule is CCCCCCCC1(COCC(O)COCC2(CCCCCCC)COC2)COC1. The Morgan fingerprint density at radius 3 is 1.40 bits per heavy atom. The Morgan fingerprint density at radius 1 is 0.667 bits per heavy atom. The van der Waals surface area contributed by atoms with E-state index in [0.717, 1.165) is 26.4 Å². The van der Waals surface area contributed by atoms with Gasteiger partial charge in [-0.25, -0.2) is 0 Å². The van der Waals surface area contributed by atoms with E-state index in [4.69, 9.17) is 18.9 Å². The second-order valence-electron chi connectivity index (χ2n) is 10.00. The minimum atomic E-state index is -0.560. The van der Waals surface area contributed by atoms with E-state index in [0.29, 0.717) is 26.4 Å². The van der Waals surface area contributed by atoms with Crippen LogP contribution in [0.25, 0.3) is 0 Å². The van der Waals surface area contributed by atoms with Crippen molar-refractivity contribution in [3.63, 3.8) is 0 Å². The van der Waals surface area contributed by atoms with Crippen LogP contribution in [0.2, 0.25) is 0 Å². The standard InChI is InChI=1S/C25H48O5/c1-3-5-7-9-11-13-24(19-29-20-24)17-27-15-23(26)16-28-18-25(21-30-22-25)14-12-10-8-6-4-2/h23,26H,3-22H2,1-2H3. The average Bonchev–Trinajstić information content (AvgIpc) is 2.68. The smallest absolute Gasteiger partial charge is 0.101 e. The van der Waals surface area contributed by atoms with Crippen LogP contribution in [0.15, 0.2) is 0 Å². The molecule has 0 bridgehead atoms. The highest BCUT2D eigenvalue weighted by atomic mass is 16.5. The molecule has 0 spiro atoms. The van der Waals surface area contributed by atoms with E-state index in [-0.39, 0.29) is 10.8 Å². The van der Waals surface area contributed by atoms with Crippen molar-refractivity contribution in [1.29, 1.82) is 0 Å². The number of aliphatic hydroxyl groups is 1. The number of unbranched alkanes of at least 4 members (excludes halogenated alkanes) is 8. The van der Waals surface area contributed by atoms with Crippen molar-refractivity contribution in [2.24, 2.45) is 10.8 Å². The molecule has 5 nitrogen and oxygen atoms in total. The highest BCUT2D eigenvalue weighted by Gasteiger charge is 2.39. The van der Waals surface area contributed by atoms with Crippen LogP contribution in [0.1, 0.15) is 90.9 Å². The van der Waals surface area contributed by atoms with Gasteiger partial charge in [0.25, 0.3) is 0 Å². The summed E-state index contributed by atoms with van der Waals surface area (Å²) in [6, 6.07) is 0. The number of ether oxygens (including phenoxy) is 4. The van der Waals surface area contributed by atoms with Crippen molar-refractivity contribution in [2.75, 3.05) is 52.9 Å². The molecule has 2 aliphatic heterocycles. The van der Waals surface area contributed by atoms with Crippen LogP contribution in [0, 0.1) is 10.8 Å². The normalized spacial score (nSPS) is 19.6. The molecule has 5 heteroatoms. The van der Waals surface area contributed by atoms with Crippen molar-refractivity contribution in [3.8, 4) is 0 Å². The number of hydrogen-bond acceptors (Lipinski definition) is 5. The molecule has 0 unspecified atom stereocenters. The van der Waals surface area contributed by atoms with Gasteiger partial charge in [0.2, 0.25) is 0 Å². The fourth-order valence-electron chi connectivity index (χ4n) is 4.46. The van der Waals surface area contributed by atoms with E-state index >= 15 is 0 Å². The van der Waals surface area contributed by atoms with Crippen LogP contribution in [-0.2, 0) is 18.9 Å². The predicted octanol–water partition coefficient (Wildman–Crippen LogP) is 5.13. The van der Waals surface area contributed by atoms with E-state index in [2.05, 4.69) is 13.8 Å². The van der Waals surface area contributed by atoms with Gasteiger partial charge in [0.15, 0.2) is 0 Å². The van der Waals surface area contributed by atoms with Crippen LogP contribution >= 0.6 is 0 Å². The maximum atomic E-state index is 10.3. The van der Waals surface area contributed by atoms with Crippen LogP contribution in [0.3, 0.4) is 0 Å². The Balaban J connectivity index is 1.52. The lowest BCUT2D eigenvalue weighted by Crippen LogP contribution is -2.47. The first kappa shape index (κ1) is 26.1.